The van der Waals surface area contributed by atoms with Crippen LogP contribution in [-0.4, -0.2) is 8.41 Å². The van der Waals surface area contributed by atoms with Gasteiger partial charge in [-0.1, -0.05) is 202 Å². The molecular formula is C45H38BP2. The fraction of sp³-hybridized carbons (Fsp3) is 0.0222. The molecule has 48 heavy (non-hydrogen) atoms. The third kappa shape index (κ3) is 6.25. The minimum Gasteiger partial charge on any atom is -0.0776 e. The van der Waals surface area contributed by atoms with Crippen molar-refractivity contribution in [1.82, 2.24) is 0 Å². The summed E-state index contributed by atoms with van der Waals surface area (Å²) in [5.74, 6) is 0. The number of hydrogen-bond acceptors (Lipinski definition) is 0. The van der Waals surface area contributed by atoms with Crippen LogP contribution in [0.15, 0.2) is 194 Å². The zero-order chi connectivity index (χ0) is 30.7. The third-order valence-corrected chi connectivity index (χ3v) is 13.6. The Bertz CT molecular complexity index is 2020. The van der Waals surface area contributed by atoms with Crippen molar-refractivity contribution >= 4 is 77.6 Å². The second-order valence-electron chi connectivity index (χ2n) is 11.4. The summed E-state index contributed by atoms with van der Waals surface area (Å²) in [4.78, 5) is 0. The average molecular weight is 653 g/mol. The molecule has 0 aromatic heterocycles. The van der Waals surface area contributed by atoms with Gasteiger partial charge in [-0.05, 0) is 80.3 Å². The largest absolute Gasteiger partial charge is 0.0776 e. The molecule has 0 heterocycles. The lowest BCUT2D eigenvalue weighted by Crippen LogP contribution is -2.26. The Morgan fingerprint density at radius 3 is 0.875 bits per heavy atom. The Hall–Kier alpha value is -4.80. The molecule has 0 fully saturated rings. The summed E-state index contributed by atoms with van der Waals surface area (Å²) in [6, 6.07) is 71.8. The summed E-state index contributed by atoms with van der Waals surface area (Å²) in [6.45, 7) is 0. The van der Waals surface area contributed by atoms with Gasteiger partial charge in [0.15, 0.2) is 0 Å². The second-order valence-corrected chi connectivity index (χ2v) is 15.7. The van der Waals surface area contributed by atoms with Crippen molar-refractivity contribution in [2.45, 2.75) is 7.43 Å². The summed E-state index contributed by atoms with van der Waals surface area (Å²) < 4.78 is 0. The normalized spacial score (nSPS) is 11.0. The van der Waals surface area contributed by atoms with Crippen LogP contribution >= 0.6 is 15.8 Å². The van der Waals surface area contributed by atoms with E-state index in [-0.39, 0.29) is 17.3 Å². The van der Waals surface area contributed by atoms with E-state index in [4.69, 9.17) is 0 Å². The predicted molar refractivity (Wildman–Crippen MR) is 219 cm³/mol. The lowest BCUT2D eigenvalue weighted by atomic mass is 9.93. The molecule has 0 aliphatic heterocycles. The van der Waals surface area contributed by atoms with E-state index in [0.29, 0.717) is 0 Å². The average Bonchev–Trinajstić information content (AvgIpc) is 3.14. The highest BCUT2D eigenvalue weighted by atomic mass is 31.1. The molecule has 0 aliphatic carbocycles. The number of rotatable bonds is 7. The zero-order valence-corrected chi connectivity index (χ0v) is 27.7. The van der Waals surface area contributed by atoms with Crippen molar-refractivity contribution < 1.29 is 1.43 Å². The zero-order valence-electron chi connectivity index (χ0n) is 25.9. The Morgan fingerprint density at radius 1 is 0.292 bits per heavy atom. The Labute approximate surface area is 290 Å². The first-order chi connectivity index (χ1) is 22.9. The topological polar surface area (TPSA) is 0 Å². The van der Waals surface area contributed by atoms with Crippen LogP contribution in [0.25, 0.3) is 32.7 Å². The van der Waals surface area contributed by atoms with Crippen LogP contribution in [0, 0.1) is 0 Å². The molecule has 0 N–H and O–H groups in total. The Morgan fingerprint density at radius 2 is 0.562 bits per heavy atom. The summed E-state index contributed by atoms with van der Waals surface area (Å²) in [7, 11) is -1.70. The van der Waals surface area contributed by atoms with Gasteiger partial charge in [0.25, 0.3) is 0 Å². The standard InChI is InChI=1S/C44H32P2.CH4.B.H2/c1-5-19-35(20-6-1)45(36-21-7-2-8-22-36)41-31-29-33-17-13-15-27-39(33)43(41)44-40-28-16-14-18-34(40)30-32-42(44)46(37-23-9-3-10-24-37)38-25-11-4-12-26-38;;;/h1-32H;1H4;;1H/i;;;1+1. The lowest BCUT2D eigenvalue weighted by Gasteiger charge is -2.28. The molecule has 3 radical (unpaired) electrons. The van der Waals surface area contributed by atoms with Crippen LogP contribution in [0.1, 0.15) is 8.85 Å². The van der Waals surface area contributed by atoms with E-state index in [1.165, 1.54) is 64.5 Å². The molecule has 0 saturated carbocycles. The van der Waals surface area contributed by atoms with E-state index in [1.807, 2.05) is 0 Å². The van der Waals surface area contributed by atoms with Gasteiger partial charge in [-0.3, -0.25) is 0 Å². The predicted octanol–water partition coefficient (Wildman–Crippen LogP) is 9.68. The monoisotopic (exact) mass is 652 g/mol. The highest BCUT2D eigenvalue weighted by Gasteiger charge is 2.27. The molecule has 8 aromatic carbocycles. The van der Waals surface area contributed by atoms with E-state index in [0.717, 1.165) is 0 Å². The first-order valence-electron chi connectivity index (χ1n) is 15.7. The minimum atomic E-state index is -0.852. The summed E-state index contributed by atoms with van der Waals surface area (Å²) in [6.07, 6.45) is 0. The van der Waals surface area contributed by atoms with E-state index >= 15 is 0 Å². The molecule has 0 atom stereocenters. The SMILES string of the molecule is C.[2HH].[B].c1ccc(P(c2ccccc2)c2ccc3ccccc3c2-c2c(P(c3ccccc3)c3ccccc3)ccc3ccccc23)cc1. The quantitative estimate of drug-likeness (QED) is 0.119. The maximum absolute atomic E-state index is 2.42. The summed E-state index contributed by atoms with van der Waals surface area (Å²) >= 11 is 0. The van der Waals surface area contributed by atoms with Crippen LogP contribution in [0.2, 0.25) is 0 Å². The van der Waals surface area contributed by atoms with E-state index in [9.17, 15) is 0 Å². The van der Waals surface area contributed by atoms with Gasteiger partial charge in [0.1, 0.15) is 0 Å². The van der Waals surface area contributed by atoms with Crippen molar-refractivity contribution in [3.8, 4) is 11.1 Å². The van der Waals surface area contributed by atoms with Crippen LogP contribution < -0.4 is 31.8 Å². The van der Waals surface area contributed by atoms with Gasteiger partial charge in [-0.2, -0.15) is 0 Å². The second kappa shape index (κ2) is 15.0. The molecule has 0 spiro atoms. The Balaban J connectivity index is 0.00000156. The highest BCUT2D eigenvalue weighted by Crippen LogP contribution is 2.45. The lowest BCUT2D eigenvalue weighted by molar-refractivity contribution is 1.72. The van der Waals surface area contributed by atoms with Gasteiger partial charge in [0.05, 0.1) is 0 Å². The van der Waals surface area contributed by atoms with Crippen LogP contribution in [-0.2, 0) is 0 Å². The van der Waals surface area contributed by atoms with Crippen molar-refractivity contribution in [1.29, 1.82) is 0 Å². The van der Waals surface area contributed by atoms with Crippen molar-refractivity contribution in [3.63, 3.8) is 0 Å². The molecule has 0 nitrogen and oxygen atoms in total. The third-order valence-electron chi connectivity index (χ3n) is 8.60. The van der Waals surface area contributed by atoms with Crippen LogP contribution in [0.3, 0.4) is 0 Å². The number of fused-ring (bicyclic) bond motifs is 2. The van der Waals surface area contributed by atoms with Gasteiger partial charge in [-0.25, -0.2) is 0 Å². The summed E-state index contributed by atoms with van der Waals surface area (Å²) in [5.41, 5.74) is 2.70. The van der Waals surface area contributed by atoms with E-state index in [2.05, 4.69) is 194 Å². The van der Waals surface area contributed by atoms with Crippen LogP contribution in [0.5, 0.6) is 0 Å². The van der Waals surface area contributed by atoms with Gasteiger partial charge in [0, 0.05) is 9.84 Å². The van der Waals surface area contributed by atoms with Crippen molar-refractivity contribution in [3.05, 3.63) is 194 Å². The maximum atomic E-state index is 2.42. The molecule has 0 amide bonds. The highest BCUT2D eigenvalue weighted by molar-refractivity contribution is 7.80. The smallest absolute Gasteiger partial charge is 0 e. The van der Waals surface area contributed by atoms with Crippen molar-refractivity contribution in [2.24, 2.45) is 0 Å². The first-order valence-corrected chi connectivity index (χ1v) is 18.4. The van der Waals surface area contributed by atoms with Crippen LogP contribution in [0.4, 0.5) is 0 Å². The fourth-order valence-electron chi connectivity index (χ4n) is 6.58. The fourth-order valence-corrected chi connectivity index (χ4v) is 11.5. The first kappa shape index (κ1) is 33.1. The van der Waals surface area contributed by atoms with Gasteiger partial charge >= 0.3 is 0 Å². The molecule has 0 aliphatic rings. The Kier molecular flexibility index (Phi) is 10.3. The molecule has 231 valence electrons. The molecule has 8 rings (SSSR count). The molecular weight excluding hydrogens is 613 g/mol. The molecule has 0 bridgehead atoms. The van der Waals surface area contributed by atoms with Gasteiger partial charge in [0.2, 0.25) is 0 Å². The minimum absolute atomic E-state index is 0. The van der Waals surface area contributed by atoms with E-state index in [1.54, 1.807) is 0 Å². The van der Waals surface area contributed by atoms with Crippen molar-refractivity contribution in [2.75, 3.05) is 0 Å². The van der Waals surface area contributed by atoms with E-state index < -0.39 is 15.8 Å². The van der Waals surface area contributed by atoms with Gasteiger partial charge < -0.3 is 0 Å². The molecule has 0 saturated heterocycles. The molecule has 3 heteroatoms. The molecule has 8 aromatic rings. The van der Waals surface area contributed by atoms with Gasteiger partial charge in [-0.15, -0.1) is 0 Å². The number of benzene rings is 8. The number of hydrogen-bond donors (Lipinski definition) is 0. The summed E-state index contributed by atoms with van der Waals surface area (Å²) in [5, 5.41) is 13.3. The maximum Gasteiger partial charge on any atom is 0 e. The molecule has 0 unspecified atom stereocenters.